The lowest BCUT2D eigenvalue weighted by Gasteiger charge is -2.03. The average Bonchev–Trinajstić information content (AvgIpc) is 2.83. The van der Waals surface area contributed by atoms with Crippen molar-refractivity contribution in [2.24, 2.45) is 0 Å². The Balaban J connectivity index is 2.02. The normalized spacial score (nSPS) is 10.4. The fraction of sp³-hybridized carbons (Fsp3) is 0.267. The van der Waals surface area contributed by atoms with Crippen LogP contribution in [0.2, 0.25) is 0 Å². The SMILES string of the molecule is CC(=O)c1sc(NCCc2cccc(C)c2)nc1C(=O)O. The van der Waals surface area contributed by atoms with Gasteiger partial charge < -0.3 is 10.4 Å². The molecule has 0 aliphatic heterocycles. The van der Waals surface area contributed by atoms with Crippen molar-refractivity contribution >= 4 is 28.2 Å². The first-order valence-corrected chi connectivity index (χ1v) is 7.33. The van der Waals surface area contributed by atoms with Gasteiger partial charge in [-0.2, -0.15) is 0 Å². The minimum atomic E-state index is -1.18. The third kappa shape index (κ3) is 3.88. The highest BCUT2D eigenvalue weighted by Crippen LogP contribution is 2.23. The first-order valence-electron chi connectivity index (χ1n) is 6.52. The lowest BCUT2D eigenvalue weighted by Crippen LogP contribution is -2.06. The fourth-order valence-corrected chi connectivity index (χ4v) is 2.84. The topological polar surface area (TPSA) is 79.3 Å². The molecule has 0 aliphatic carbocycles. The first-order chi connectivity index (χ1) is 9.97. The number of carboxylic acids is 1. The van der Waals surface area contributed by atoms with Crippen LogP contribution >= 0.6 is 11.3 Å². The molecule has 2 rings (SSSR count). The van der Waals surface area contributed by atoms with Crippen LogP contribution in [0.5, 0.6) is 0 Å². The van der Waals surface area contributed by atoms with E-state index in [2.05, 4.69) is 16.4 Å². The molecule has 0 atom stereocenters. The molecule has 1 heterocycles. The van der Waals surface area contributed by atoms with Crippen molar-refractivity contribution in [3.05, 3.63) is 46.0 Å². The van der Waals surface area contributed by atoms with E-state index in [1.54, 1.807) is 0 Å². The molecule has 0 aliphatic rings. The number of rotatable bonds is 6. The van der Waals surface area contributed by atoms with E-state index in [-0.39, 0.29) is 16.4 Å². The van der Waals surface area contributed by atoms with E-state index in [1.165, 1.54) is 18.1 Å². The van der Waals surface area contributed by atoms with Crippen LogP contribution < -0.4 is 5.32 Å². The Labute approximate surface area is 126 Å². The standard InChI is InChI=1S/C15H16N2O3S/c1-9-4-3-5-11(8-9)6-7-16-15-17-12(14(19)20)13(21-15)10(2)18/h3-5,8H,6-7H2,1-2H3,(H,16,17)(H,19,20). The second kappa shape index (κ2) is 6.49. The summed E-state index contributed by atoms with van der Waals surface area (Å²) in [5.74, 6) is -1.46. The minimum Gasteiger partial charge on any atom is -0.476 e. The maximum absolute atomic E-state index is 11.4. The van der Waals surface area contributed by atoms with Gasteiger partial charge in [0, 0.05) is 13.5 Å². The Morgan fingerprint density at radius 1 is 1.38 bits per heavy atom. The number of hydrogen-bond acceptors (Lipinski definition) is 5. The molecule has 21 heavy (non-hydrogen) atoms. The summed E-state index contributed by atoms with van der Waals surface area (Å²) in [7, 11) is 0. The largest absolute Gasteiger partial charge is 0.476 e. The summed E-state index contributed by atoms with van der Waals surface area (Å²) >= 11 is 1.08. The highest BCUT2D eigenvalue weighted by molar-refractivity contribution is 7.17. The van der Waals surface area contributed by atoms with Crippen molar-refractivity contribution in [3.8, 4) is 0 Å². The van der Waals surface area contributed by atoms with E-state index in [9.17, 15) is 9.59 Å². The average molecular weight is 304 g/mol. The summed E-state index contributed by atoms with van der Waals surface area (Å²) in [6.45, 7) is 4.01. The Morgan fingerprint density at radius 3 is 2.71 bits per heavy atom. The second-order valence-corrected chi connectivity index (χ2v) is 5.72. The van der Waals surface area contributed by atoms with Crippen LogP contribution in [-0.4, -0.2) is 28.4 Å². The predicted molar refractivity (Wildman–Crippen MR) is 82.5 cm³/mol. The van der Waals surface area contributed by atoms with Gasteiger partial charge in [0.1, 0.15) is 4.88 Å². The number of thiazole rings is 1. The summed E-state index contributed by atoms with van der Waals surface area (Å²) in [4.78, 5) is 26.6. The van der Waals surface area contributed by atoms with Gasteiger partial charge in [0.2, 0.25) is 0 Å². The highest BCUT2D eigenvalue weighted by atomic mass is 32.1. The minimum absolute atomic E-state index is 0.175. The summed E-state index contributed by atoms with van der Waals surface area (Å²) < 4.78 is 0. The molecule has 0 saturated heterocycles. The van der Waals surface area contributed by atoms with Crippen molar-refractivity contribution in [3.63, 3.8) is 0 Å². The number of hydrogen-bond donors (Lipinski definition) is 2. The van der Waals surface area contributed by atoms with Crippen molar-refractivity contribution in [2.45, 2.75) is 20.3 Å². The van der Waals surface area contributed by atoms with Crippen LogP contribution in [-0.2, 0) is 6.42 Å². The molecule has 5 nitrogen and oxygen atoms in total. The molecule has 110 valence electrons. The van der Waals surface area contributed by atoms with Crippen molar-refractivity contribution in [1.82, 2.24) is 4.98 Å². The number of aromatic carboxylic acids is 1. The van der Waals surface area contributed by atoms with Gasteiger partial charge in [0.25, 0.3) is 0 Å². The number of aromatic nitrogens is 1. The summed E-state index contributed by atoms with van der Waals surface area (Å²) in [5.41, 5.74) is 2.23. The lowest BCUT2D eigenvalue weighted by atomic mass is 10.1. The number of nitrogens with one attached hydrogen (secondary N) is 1. The first kappa shape index (κ1) is 15.2. The number of nitrogens with zero attached hydrogens (tertiary/aromatic N) is 1. The van der Waals surface area contributed by atoms with Crippen molar-refractivity contribution in [2.75, 3.05) is 11.9 Å². The lowest BCUT2D eigenvalue weighted by molar-refractivity contribution is 0.0687. The van der Waals surface area contributed by atoms with Crippen molar-refractivity contribution < 1.29 is 14.7 Å². The van der Waals surface area contributed by atoms with Gasteiger partial charge in [-0.05, 0) is 18.9 Å². The smallest absolute Gasteiger partial charge is 0.356 e. The number of carboxylic acid groups (broad SMARTS) is 1. The molecule has 1 aromatic carbocycles. The number of carbonyl (C=O) groups excluding carboxylic acids is 1. The quantitative estimate of drug-likeness (QED) is 0.802. The number of anilines is 1. The van der Waals surface area contributed by atoms with E-state index >= 15 is 0 Å². The maximum Gasteiger partial charge on any atom is 0.356 e. The van der Waals surface area contributed by atoms with Gasteiger partial charge in [0.05, 0.1) is 0 Å². The van der Waals surface area contributed by atoms with Gasteiger partial charge in [-0.1, -0.05) is 41.2 Å². The Bertz CT molecular complexity index is 648. The summed E-state index contributed by atoms with van der Waals surface area (Å²) in [6, 6.07) is 8.19. The number of benzene rings is 1. The zero-order chi connectivity index (χ0) is 15.4. The molecule has 0 saturated carbocycles. The zero-order valence-electron chi connectivity index (χ0n) is 11.8. The number of ketones is 1. The molecule has 0 bridgehead atoms. The fourth-order valence-electron chi connectivity index (χ4n) is 1.96. The maximum atomic E-state index is 11.4. The predicted octanol–water partition coefficient (Wildman–Crippen LogP) is 3.01. The Morgan fingerprint density at radius 2 is 2.14 bits per heavy atom. The monoisotopic (exact) mass is 304 g/mol. The van der Waals surface area contributed by atoms with E-state index in [0.717, 1.165) is 17.8 Å². The number of carbonyl (C=O) groups is 2. The van der Waals surface area contributed by atoms with Crippen LogP contribution in [0.25, 0.3) is 0 Å². The van der Waals surface area contributed by atoms with E-state index in [4.69, 9.17) is 5.11 Å². The Kier molecular flexibility index (Phi) is 4.70. The highest BCUT2D eigenvalue weighted by Gasteiger charge is 2.20. The van der Waals surface area contributed by atoms with E-state index in [1.807, 2.05) is 25.1 Å². The number of Topliss-reactive ketones (excluding diaryl/α,β-unsaturated/α-hetero) is 1. The van der Waals surface area contributed by atoms with Gasteiger partial charge in [-0.3, -0.25) is 4.79 Å². The van der Waals surface area contributed by atoms with E-state index < -0.39 is 5.97 Å². The molecule has 0 amide bonds. The van der Waals surface area contributed by atoms with Crippen LogP contribution in [0.15, 0.2) is 24.3 Å². The van der Waals surface area contributed by atoms with Crippen LogP contribution in [0.1, 0.15) is 38.2 Å². The van der Waals surface area contributed by atoms with E-state index in [0.29, 0.717) is 11.7 Å². The third-order valence-electron chi connectivity index (χ3n) is 2.92. The molecule has 0 radical (unpaired) electrons. The van der Waals surface area contributed by atoms with Gasteiger partial charge in [-0.25, -0.2) is 9.78 Å². The Hall–Kier alpha value is -2.21. The van der Waals surface area contributed by atoms with Gasteiger partial charge >= 0.3 is 5.97 Å². The molecule has 6 heteroatoms. The third-order valence-corrected chi connectivity index (χ3v) is 4.04. The molecule has 0 fully saturated rings. The van der Waals surface area contributed by atoms with Gasteiger partial charge in [-0.15, -0.1) is 0 Å². The number of aryl methyl sites for hydroxylation is 1. The van der Waals surface area contributed by atoms with Crippen LogP contribution in [0.3, 0.4) is 0 Å². The van der Waals surface area contributed by atoms with Crippen molar-refractivity contribution in [1.29, 1.82) is 0 Å². The molecule has 2 N–H and O–H groups in total. The van der Waals surface area contributed by atoms with Crippen LogP contribution in [0.4, 0.5) is 5.13 Å². The van der Waals surface area contributed by atoms with Crippen LogP contribution in [0, 0.1) is 6.92 Å². The summed E-state index contributed by atoms with van der Waals surface area (Å²) in [6.07, 6.45) is 0.805. The molecule has 0 spiro atoms. The van der Waals surface area contributed by atoms with Gasteiger partial charge in [0.15, 0.2) is 16.6 Å². The summed E-state index contributed by atoms with van der Waals surface area (Å²) in [5, 5.41) is 12.6. The molecule has 2 aromatic rings. The molecule has 0 unspecified atom stereocenters. The zero-order valence-corrected chi connectivity index (χ0v) is 12.7. The molecular weight excluding hydrogens is 288 g/mol. The molecule has 1 aromatic heterocycles. The second-order valence-electron chi connectivity index (χ2n) is 4.72. The molecular formula is C15H16N2O3S.